The number of nitrogens with one attached hydrogen (secondary N) is 1. The second kappa shape index (κ2) is 7.05. The number of rotatable bonds is 3. The molecule has 0 aliphatic carbocycles. The maximum Gasteiger partial charge on any atom is 0.227 e. The standard InChI is InChI=1S/C21H26N6O/c1-25-8-4-5-15(13-25)21-24-23-19-14-26(9-10-27(19)21)20(28)11-16-12-22-18-7-3-2-6-17(16)18/h2-3,6-7,12,15,22H,4-5,8-11,13-14H2,1H3/t15-/m1/s1. The van der Waals surface area contributed by atoms with Crippen LogP contribution in [-0.4, -0.2) is 62.1 Å². The molecule has 5 rings (SSSR count). The Morgan fingerprint density at radius 3 is 3.00 bits per heavy atom. The second-order valence-corrected chi connectivity index (χ2v) is 8.08. The Balaban J connectivity index is 1.30. The first-order chi connectivity index (χ1) is 13.7. The smallest absolute Gasteiger partial charge is 0.227 e. The summed E-state index contributed by atoms with van der Waals surface area (Å²) in [5, 5.41) is 10.1. The van der Waals surface area contributed by atoms with Crippen LogP contribution in [0.3, 0.4) is 0 Å². The lowest BCUT2D eigenvalue weighted by molar-refractivity contribution is -0.132. The van der Waals surface area contributed by atoms with E-state index in [1.165, 1.54) is 12.8 Å². The lowest BCUT2D eigenvalue weighted by atomic mass is 9.97. The van der Waals surface area contributed by atoms with E-state index in [4.69, 9.17) is 0 Å². The van der Waals surface area contributed by atoms with Crippen LogP contribution >= 0.6 is 0 Å². The topological polar surface area (TPSA) is 70.1 Å². The quantitative estimate of drug-likeness (QED) is 0.758. The van der Waals surface area contributed by atoms with Crippen LogP contribution in [0.5, 0.6) is 0 Å². The highest BCUT2D eigenvalue weighted by atomic mass is 16.2. The number of piperidine rings is 1. The van der Waals surface area contributed by atoms with Gasteiger partial charge in [0.15, 0.2) is 5.82 Å². The number of likely N-dealkylation sites (tertiary alicyclic amines) is 1. The number of para-hydroxylation sites is 1. The number of benzene rings is 1. The van der Waals surface area contributed by atoms with Gasteiger partial charge in [0.1, 0.15) is 5.82 Å². The molecule has 0 spiro atoms. The van der Waals surface area contributed by atoms with Gasteiger partial charge in [0.2, 0.25) is 5.91 Å². The largest absolute Gasteiger partial charge is 0.361 e. The molecule has 7 nitrogen and oxygen atoms in total. The molecule has 7 heteroatoms. The molecule has 146 valence electrons. The molecule has 3 aromatic rings. The van der Waals surface area contributed by atoms with E-state index in [0.717, 1.165) is 54.3 Å². The second-order valence-electron chi connectivity index (χ2n) is 8.08. The fraction of sp³-hybridized carbons (Fsp3) is 0.476. The lowest BCUT2D eigenvalue weighted by Gasteiger charge is -2.32. The van der Waals surface area contributed by atoms with Gasteiger partial charge < -0.3 is 19.4 Å². The van der Waals surface area contributed by atoms with Crippen LogP contribution in [0, 0.1) is 0 Å². The molecule has 1 amide bonds. The van der Waals surface area contributed by atoms with Crippen LogP contribution in [0.2, 0.25) is 0 Å². The summed E-state index contributed by atoms with van der Waals surface area (Å²) < 4.78 is 2.25. The van der Waals surface area contributed by atoms with Crippen molar-refractivity contribution in [3.05, 3.63) is 47.7 Å². The Morgan fingerprint density at radius 2 is 2.11 bits per heavy atom. The molecule has 2 aromatic heterocycles. The number of amides is 1. The van der Waals surface area contributed by atoms with Crippen molar-refractivity contribution in [3.8, 4) is 0 Å². The number of hydrogen-bond donors (Lipinski definition) is 1. The van der Waals surface area contributed by atoms with Gasteiger partial charge in [0.05, 0.1) is 13.0 Å². The van der Waals surface area contributed by atoms with Crippen molar-refractivity contribution >= 4 is 16.8 Å². The normalized spacial score (nSPS) is 20.5. The number of H-pyrrole nitrogens is 1. The molecule has 0 radical (unpaired) electrons. The number of fused-ring (bicyclic) bond motifs is 2. The molecule has 0 bridgehead atoms. The zero-order chi connectivity index (χ0) is 19.1. The zero-order valence-electron chi connectivity index (χ0n) is 16.3. The van der Waals surface area contributed by atoms with Crippen LogP contribution in [0.1, 0.15) is 36.0 Å². The summed E-state index contributed by atoms with van der Waals surface area (Å²) in [4.78, 5) is 20.5. The van der Waals surface area contributed by atoms with E-state index in [1.807, 2.05) is 29.3 Å². The highest BCUT2D eigenvalue weighted by Gasteiger charge is 2.29. The van der Waals surface area contributed by atoms with E-state index in [2.05, 4.69) is 37.8 Å². The summed E-state index contributed by atoms with van der Waals surface area (Å²) in [7, 11) is 2.17. The van der Waals surface area contributed by atoms with E-state index in [1.54, 1.807) is 0 Å². The molecular weight excluding hydrogens is 352 g/mol. The number of aromatic amines is 1. The van der Waals surface area contributed by atoms with Crippen LogP contribution in [0.15, 0.2) is 30.5 Å². The molecule has 1 N–H and O–H groups in total. The van der Waals surface area contributed by atoms with Crippen LogP contribution in [0.25, 0.3) is 10.9 Å². The van der Waals surface area contributed by atoms with Crippen molar-refractivity contribution in [2.24, 2.45) is 0 Å². The average Bonchev–Trinajstić information content (AvgIpc) is 3.32. The summed E-state index contributed by atoms with van der Waals surface area (Å²) in [5.74, 6) is 2.62. The van der Waals surface area contributed by atoms with E-state index in [-0.39, 0.29) is 5.91 Å². The lowest BCUT2D eigenvalue weighted by Crippen LogP contribution is -2.40. The Morgan fingerprint density at radius 1 is 1.21 bits per heavy atom. The SMILES string of the molecule is CN1CCC[C@@H](c2nnc3n2CCN(C(=O)Cc2c[nH]c4ccccc24)C3)C1. The van der Waals surface area contributed by atoms with Crippen LogP contribution in [-0.2, 0) is 24.3 Å². The third-order valence-corrected chi connectivity index (χ3v) is 6.14. The van der Waals surface area contributed by atoms with Gasteiger partial charge in [-0.25, -0.2) is 0 Å². The average molecular weight is 378 g/mol. The molecule has 2 aliphatic heterocycles. The molecular formula is C21H26N6O. The van der Waals surface area contributed by atoms with E-state index < -0.39 is 0 Å². The Kier molecular flexibility index (Phi) is 4.39. The van der Waals surface area contributed by atoms with E-state index >= 15 is 0 Å². The number of carbonyl (C=O) groups excluding carboxylic acids is 1. The number of likely N-dealkylation sites (N-methyl/N-ethyl adjacent to an activating group) is 1. The Hall–Kier alpha value is -2.67. The third-order valence-electron chi connectivity index (χ3n) is 6.14. The van der Waals surface area contributed by atoms with Gasteiger partial charge in [-0.05, 0) is 38.1 Å². The van der Waals surface area contributed by atoms with Crippen LogP contribution < -0.4 is 0 Å². The Labute approximate surface area is 164 Å². The van der Waals surface area contributed by atoms with Gasteiger partial charge in [0.25, 0.3) is 0 Å². The summed E-state index contributed by atoms with van der Waals surface area (Å²) in [6, 6.07) is 8.12. The molecule has 2 aliphatic rings. The van der Waals surface area contributed by atoms with Gasteiger partial charge in [0, 0.05) is 42.7 Å². The van der Waals surface area contributed by atoms with Crippen molar-refractivity contribution in [3.63, 3.8) is 0 Å². The summed E-state index contributed by atoms with van der Waals surface area (Å²) in [5.41, 5.74) is 2.13. The van der Waals surface area contributed by atoms with Gasteiger partial charge >= 0.3 is 0 Å². The third kappa shape index (κ3) is 3.09. The first-order valence-electron chi connectivity index (χ1n) is 10.1. The molecule has 28 heavy (non-hydrogen) atoms. The van der Waals surface area contributed by atoms with Crippen molar-refractivity contribution < 1.29 is 4.79 Å². The highest BCUT2D eigenvalue weighted by Crippen LogP contribution is 2.27. The summed E-state index contributed by atoms with van der Waals surface area (Å²) in [6.45, 7) is 4.27. The minimum Gasteiger partial charge on any atom is -0.361 e. The molecule has 1 aromatic carbocycles. The molecule has 1 saturated heterocycles. The van der Waals surface area contributed by atoms with Gasteiger partial charge in [-0.15, -0.1) is 10.2 Å². The van der Waals surface area contributed by atoms with Gasteiger partial charge in [-0.1, -0.05) is 18.2 Å². The van der Waals surface area contributed by atoms with Crippen molar-refractivity contribution in [2.75, 3.05) is 26.7 Å². The minimum absolute atomic E-state index is 0.151. The number of aromatic nitrogens is 4. The molecule has 0 unspecified atom stereocenters. The predicted octanol–water partition coefficient (Wildman–Crippen LogP) is 2.15. The first kappa shape index (κ1) is 17.4. The maximum absolute atomic E-state index is 12.9. The van der Waals surface area contributed by atoms with Gasteiger partial charge in [-0.2, -0.15) is 0 Å². The van der Waals surface area contributed by atoms with E-state index in [9.17, 15) is 4.79 Å². The summed E-state index contributed by atoms with van der Waals surface area (Å²) in [6.07, 6.45) is 4.75. The number of hydrogen-bond acceptors (Lipinski definition) is 4. The molecule has 4 heterocycles. The molecule has 1 fully saturated rings. The fourth-order valence-corrected chi connectivity index (χ4v) is 4.62. The first-order valence-corrected chi connectivity index (χ1v) is 10.1. The molecule has 1 atom stereocenters. The summed E-state index contributed by atoms with van der Waals surface area (Å²) >= 11 is 0. The molecule has 0 saturated carbocycles. The monoisotopic (exact) mass is 378 g/mol. The fourth-order valence-electron chi connectivity index (χ4n) is 4.62. The van der Waals surface area contributed by atoms with Crippen molar-refractivity contribution in [2.45, 2.75) is 38.3 Å². The van der Waals surface area contributed by atoms with Crippen molar-refractivity contribution in [1.29, 1.82) is 0 Å². The predicted molar refractivity (Wildman–Crippen MR) is 107 cm³/mol. The van der Waals surface area contributed by atoms with Crippen LogP contribution in [0.4, 0.5) is 0 Å². The maximum atomic E-state index is 12.9. The minimum atomic E-state index is 0.151. The number of nitrogens with zero attached hydrogens (tertiary/aromatic N) is 5. The highest BCUT2D eigenvalue weighted by molar-refractivity contribution is 5.88. The van der Waals surface area contributed by atoms with Gasteiger partial charge in [-0.3, -0.25) is 4.79 Å². The van der Waals surface area contributed by atoms with Crippen molar-refractivity contribution in [1.82, 2.24) is 29.5 Å². The van der Waals surface area contributed by atoms with E-state index in [0.29, 0.717) is 18.9 Å². The Bertz CT molecular complexity index is 1010. The number of carbonyl (C=O) groups is 1. The zero-order valence-corrected chi connectivity index (χ0v) is 16.3.